The highest BCUT2D eigenvalue weighted by molar-refractivity contribution is 7.89. The molecular formula is C13H24N4O3S. The number of aromatic nitrogens is 2. The molecule has 1 unspecified atom stereocenters. The van der Waals surface area contributed by atoms with Crippen molar-refractivity contribution in [1.29, 1.82) is 0 Å². The lowest BCUT2D eigenvalue weighted by molar-refractivity contribution is 0.0690. The molecule has 8 heteroatoms. The topological polar surface area (TPSA) is 109 Å². The minimum absolute atomic E-state index is 0.00460. The maximum Gasteiger partial charge on any atom is 0.276 e. The van der Waals surface area contributed by atoms with E-state index in [4.69, 9.17) is 5.14 Å². The lowest BCUT2D eigenvalue weighted by Gasteiger charge is -2.26. The van der Waals surface area contributed by atoms with Crippen molar-refractivity contribution < 1.29 is 13.2 Å². The Bertz CT molecular complexity index is 607. The summed E-state index contributed by atoms with van der Waals surface area (Å²) < 4.78 is 23.7. The molecule has 120 valence electrons. The minimum Gasteiger partial charge on any atom is -0.335 e. The van der Waals surface area contributed by atoms with Gasteiger partial charge in [-0.15, -0.1) is 0 Å². The van der Waals surface area contributed by atoms with Gasteiger partial charge in [0.2, 0.25) is 10.0 Å². The van der Waals surface area contributed by atoms with Gasteiger partial charge in [0.15, 0.2) is 5.69 Å². The van der Waals surface area contributed by atoms with E-state index in [-0.39, 0.29) is 22.5 Å². The maximum absolute atomic E-state index is 12.6. The van der Waals surface area contributed by atoms with Gasteiger partial charge in [0, 0.05) is 12.6 Å². The highest BCUT2D eigenvalue weighted by atomic mass is 32.2. The first-order chi connectivity index (χ1) is 9.65. The summed E-state index contributed by atoms with van der Waals surface area (Å²) in [7, 11) is -4.03. The summed E-state index contributed by atoms with van der Waals surface area (Å²) >= 11 is 0. The molecule has 0 bridgehead atoms. The molecule has 7 nitrogen and oxygen atoms in total. The molecule has 0 aliphatic heterocycles. The number of nitrogens with one attached hydrogen (secondary N) is 1. The zero-order chi connectivity index (χ0) is 16.4. The molecular weight excluding hydrogens is 292 g/mol. The molecule has 0 aliphatic carbocycles. The van der Waals surface area contributed by atoms with Crippen LogP contribution in [-0.2, 0) is 10.0 Å². The van der Waals surface area contributed by atoms with Crippen molar-refractivity contribution >= 4 is 15.9 Å². The van der Waals surface area contributed by atoms with Crippen molar-refractivity contribution in [2.24, 2.45) is 5.14 Å². The SMILES string of the molecule is CCC(C)N(CC)C(=O)c1n[nH]c(C(C)C)c1S(N)(=O)=O. The number of carbonyl (C=O) groups is 1. The highest BCUT2D eigenvalue weighted by Crippen LogP contribution is 2.25. The van der Waals surface area contributed by atoms with Crippen molar-refractivity contribution in [3.8, 4) is 0 Å². The average Bonchev–Trinajstić information content (AvgIpc) is 2.83. The lowest BCUT2D eigenvalue weighted by Crippen LogP contribution is -2.39. The van der Waals surface area contributed by atoms with Gasteiger partial charge in [0.1, 0.15) is 4.90 Å². The molecule has 21 heavy (non-hydrogen) atoms. The van der Waals surface area contributed by atoms with Crippen LogP contribution in [0.5, 0.6) is 0 Å². The lowest BCUT2D eigenvalue weighted by atomic mass is 10.1. The Morgan fingerprint density at radius 1 is 1.33 bits per heavy atom. The van der Waals surface area contributed by atoms with Gasteiger partial charge < -0.3 is 4.90 Å². The smallest absolute Gasteiger partial charge is 0.276 e. The van der Waals surface area contributed by atoms with Gasteiger partial charge in [-0.3, -0.25) is 9.89 Å². The molecule has 1 amide bonds. The molecule has 0 saturated carbocycles. The first kappa shape index (κ1) is 17.6. The number of hydrogen-bond acceptors (Lipinski definition) is 4. The van der Waals surface area contributed by atoms with E-state index in [2.05, 4.69) is 10.2 Å². The number of sulfonamides is 1. The molecule has 0 aromatic carbocycles. The molecule has 1 rings (SSSR count). The first-order valence-electron chi connectivity index (χ1n) is 7.07. The number of rotatable bonds is 6. The highest BCUT2D eigenvalue weighted by Gasteiger charge is 2.31. The van der Waals surface area contributed by atoms with Crippen LogP contribution in [0.25, 0.3) is 0 Å². The Hall–Kier alpha value is -1.41. The number of primary sulfonamides is 1. The molecule has 1 aromatic heterocycles. The number of aromatic amines is 1. The normalized spacial score (nSPS) is 13.5. The molecule has 0 radical (unpaired) electrons. The van der Waals surface area contributed by atoms with Crippen LogP contribution in [-0.4, -0.2) is 42.0 Å². The first-order valence-corrected chi connectivity index (χ1v) is 8.61. The van der Waals surface area contributed by atoms with Crippen LogP contribution in [0, 0.1) is 0 Å². The zero-order valence-electron chi connectivity index (χ0n) is 13.2. The van der Waals surface area contributed by atoms with Crippen LogP contribution in [0.1, 0.15) is 63.1 Å². The van der Waals surface area contributed by atoms with Crippen molar-refractivity contribution in [3.63, 3.8) is 0 Å². The Kier molecular flexibility index (Phi) is 5.52. The predicted molar refractivity (Wildman–Crippen MR) is 80.5 cm³/mol. The molecule has 0 fully saturated rings. The van der Waals surface area contributed by atoms with Crippen LogP contribution in [0.4, 0.5) is 0 Å². The van der Waals surface area contributed by atoms with E-state index in [1.165, 1.54) is 0 Å². The minimum atomic E-state index is -4.03. The van der Waals surface area contributed by atoms with E-state index >= 15 is 0 Å². The zero-order valence-corrected chi connectivity index (χ0v) is 14.0. The predicted octanol–water partition coefficient (Wildman–Crippen LogP) is 1.44. The van der Waals surface area contributed by atoms with Gasteiger partial charge in [-0.2, -0.15) is 5.10 Å². The van der Waals surface area contributed by atoms with Crippen molar-refractivity contribution in [3.05, 3.63) is 11.4 Å². The largest absolute Gasteiger partial charge is 0.335 e. The average molecular weight is 316 g/mol. The Morgan fingerprint density at radius 3 is 2.29 bits per heavy atom. The quantitative estimate of drug-likeness (QED) is 0.827. The van der Waals surface area contributed by atoms with E-state index in [0.29, 0.717) is 12.2 Å². The summed E-state index contributed by atoms with van der Waals surface area (Å²) in [4.78, 5) is 14.0. The van der Waals surface area contributed by atoms with Gasteiger partial charge in [0.25, 0.3) is 5.91 Å². The standard InChI is InChI=1S/C13H24N4O3S/c1-6-9(5)17(7-2)13(18)11-12(21(14,19)20)10(8(3)4)15-16-11/h8-9H,6-7H2,1-5H3,(H,15,16)(H2,14,19,20). The second-order valence-electron chi connectivity index (χ2n) is 5.36. The number of amides is 1. The third-order valence-electron chi connectivity index (χ3n) is 3.54. The summed E-state index contributed by atoms with van der Waals surface area (Å²) in [6.07, 6.45) is 0.770. The van der Waals surface area contributed by atoms with E-state index in [0.717, 1.165) is 6.42 Å². The Morgan fingerprint density at radius 2 is 1.90 bits per heavy atom. The van der Waals surface area contributed by atoms with E-state index in [9.17, 15) is 13.2 Å². The molecule has 1 heterocycles. The van der Waals surface area contributed by atoms with Gasteiger partial charge in [-0.1, -0.05) is 20.8 Å². The Balaban J connectivity index is 3.41. The summed E-state index contributed by atoms with van der Waals surface area (Å²) in [6, 6.07) is -0.00460. The Labute approximate surface area is 126 Å². The van der Waals surface area contributed by atoms with Gasteiger partial charge in [0.05, 0.1) is 5.69 Å². The molecule has 1 aromatic rings. The monoisotopic (exact) mass is 316 g/mol. The van der Waals surface area contributed by atoms with E-state index < -0.39 is 15.9 Å². The van der Waals surface area contributed by atoms with Crippen molar-refractivity contribution in [2.45, 2.75) is 57.9 Å². The van der Waals surface area contributed by atoms with Crippen LogP contribution in [0.3, 0.4) is 0 Å². The number of nitrogens with zero attached hydrogens (tertiary/aromatic N) is 2. The van der Waals surface area contributed by atoms with E-state index in [1.54, 1.807) is 4.90 Å². The van der Waals surface area contributed by atoms with Crippen LogP contribution >= 0.6 is 0 Å². The van der Waals surface area contributed by atoms with Crippen LogP contribution in [0.2, 0.25) is 0 Å². The summed E-state index contributed by atoms with van der Waals surface area (Å²) in [6.45, 7) is 9.81. The van der Waals surface area contributed by atoms with Gasteiger partial charge in [-0.25, -0.2) is 13.6 Å². The molecule has 0 saturated heterocycles. The summed E-state index contributed by atoms with van der Waals surface area (Å²) in [5.74, 6) is -0.551. The second kappa shape index (κ2) is 6.57. The van der Waals surface area contributed by atoms with E-state index in [1.807, 2.05) is 34.6 Å². The number of H-pyrrole nitrogens is 1. The fourth-order valence-corrected chi connectivity index (χ4v) is 3.17. The second-order valence-corrected chi connectivity index (χ2v) is 6.86. The van der Waals surface area contributed by atoms with Gasteiger partial charge >= 0.3 is 0 Å². The number of hydrogen-bond donors (Lipinski definition) is 2. The fourth-order valence-electron chi connectivity index (χ4n) is 2.18. The number of nitrogens with two attached hydrogens (primary N) is 1. The third-order valence-corrected chi connectivity index (χ3v) is 4.52. The number of carbonyl (C=O) groups excluding carboxylic acids is 1. The summed E-state index contributed by atoms with van der Waals surface area (Å²) in [5.41, 5.74) is 0.240. The maximum atomic E-state index is 12.6. The third kappa shape index (κ3) is 3.62. The summed E-state index contributed by atoms with van der Waals surface area (Å²) in [5, 5.41) is 11.8. The molecule has 3 N–H and O–H groups in total. The molecule has 1 atom stereocenters. The van der Waals surface area contributed by atoms with Crippen LogP contribution in [0.15, 0.2) is 4.90 Å². The van der Waals surface area contributed by atoms with Crippen molar-refractivity contribution in [2.75, 3.05) is 6.54 Å². The van der Waals surface area contributed by atoms with Crippen LogP contribution < -0.4 is 5.14 Å². The van der Waals surface area contributed by atoms with Crippen molar-refractivity contribution in [1.82, 2.24) is 15.1 Å². The van der Waals surface area contributed by atoms with Gasteiger partial charge in [-0.05, 0) is 26.2 Å². The molecule has 0 spiro atoms. The fraction of sp³-hybridized carbons (Fsp3) is 0.692. The molecule has 0 aliphatic rings.